The molecule has 0 bridgehead atoms. The Hall–Kier alpha value is -1.80. The largest absolute Gasteiger partial charge is 0.485 e. The van der Waals surface area contributed by atoms with Gasteiger partial charge in [0.15, 0.2) is 0 Å². The molecule has 19 heavy (non-hydrogen) atoms. The second kappa shape index (κ2) is 6.95. The summed E-state index contributed by atoms with van der Waals surface area (Å²) in [4.78, 5) is 0. The van der Waals surface area contributed by atoms with Gasteiger partial charge in [-0.25, -0.2) is 0 Å². The quantitative estimate of drug-likeness (QED) is 0.865. The topological polar surface area (TPSA) is 21.3 Å². The van der Waals surface area contributed by atoms with E-state index in [1.807, 2.05) is 0 Å². The zero-order valence-corrected chi connectivity index (χ0v) is 9.91. The predicted octanol–water partition coefficient (Wildman–Crippen LogP) is 3.72. The van der Waals surface area contributed by atoms with E-state index in [1.54, 1.807) is 0 Å². The molecule has 0 heterocycles. The summed E-state index contributed by atoms with van der Waals surface area (Å²) in [7, 11) is 0. The third kappa shape index (κ3) is 3.83. The minimum atomic E-state index is -3.87. The first-order valence-electron chi connectivity index (χ1n) is 13.7. The maximum Gasteiger partial charge on any atom is 0.125 e. The third-order valence-electron chi connectivity index (χ3n) is 2.00. The third-order valence-corrected chi connectivity index (χ3v) is 2.00. The van der Waals surface area contributed by atoms with Crippen LogP contribution in [0, 0.1) is 6.92 Å². The molecular formula is C17H21NO. The van der Waals surface area contributed by atoms with Crippen molar-refractivity contribution < 1.29 is 28.0 Å². The molecule has 0 spiro atoms. The lowest BCUT2D eigenvalue weighted by Crippen LogP contribution is -2.16. The molecular weight excluding hydrogens is 234 g/mol. The second-order valence-corrected chi connectivity index (χ2v) is 3.26. The van der Waals surface area contributed by atoms with Crippen LogP contribution in [0.2, 0.25) is 0 Å². The van der Waals surface area contributed by atoms with Crippen molar-refractivity contribution in [2.45, 2.75) is 19.4 Å². The van der Waals surface area contributed by atoms with E-state index in [4.69, 9.17) is 28.0 Å². The van der Waals surface area contributed by atoms with Crippen LogP contribution in [0.15, 0.2) is 54.4 Å². The average molecular weight is 272 g/mol. The highest BCUT2D eigenvalue weighted by Crippen LogP contribution is 2.26. The van der Waals surface area contributed by atoms with E-state index >= 15 is 0 Å². The summed E-state index contributed by atoms with van der Waals surface area (Å²) in [6.45, 7) is -5.86. The highest BCUT2D eigenvalue weighted by molar-refractivity contribution is 5.33. The van der Waals surface area contributed by atoms with Crippen LogP contribution in [0.5, 0.6) is 5.75 Å². The Kier molecular flexibility index (Phi) is 1.33. The molecule has 0 aromatic heterocycles. The lowest BCUT2D eigenvalue weighted by atomic mass is 10.1. The van der Waals surface area contributed by atoms with E-state index in [1.165, 1.54) is 5.32 Å². The first kappa shape index (κ1) is 3.64. The fourth-order valence-corrected chi connectivity index (χ4v) is 1.16. The Morgan fingerprint density at radius 1 is 1.26 bits per heavy atom. The van der Waals surface area contributed by atoms with Gasteiger partial charge in [0.1, 0.15) is 11.8 Å². The van der Waals surface area contributed by atoms with Crippen molar-refractivity contribution >= 4 is 0 Å². The molecule has 0 aliphatic rings. The summed E-state index contributed by atoms with van der Waals surface area (Å²) in [6.07, 6.45) is -7.56. The van der Waals surface area contributed by atoms with Crippen LogP contribution in [-0.2, 0) is 0 Å². The van der Waals surface area contributed by atoms with Crippen molar-refractivity contribution in [3.8, 4) is 5.75 Å². The van der Waals surface area contributed by atoms with Crippen molar-refractivity contribution in [2.75, 3.05) is 13.5 Å². The van der Waals surface area contributed by atoms with Crippen LogP contribution < -0.4 is 10.1 Å². The molecule has 2 aromatic carbocycles. The fraction of sp³-hybridized carbons (Fsp3) is 0.294. The average Bonchev–Trinajstić information content (AvgIpc) is 2.74. The summed E-state index contributed by atoms with van der Waals surface area (Å²) in [5.41, 5.74) is -1.58. The summed E-state index contributed by atoms with van der Waals surface area (Å²) in [6, 6.07) is -8.45. The molecule has 2 aromatic rings. The number of hydrogen-bond donors (Lipinski definition) is 1. The van der Waals surface area contributed by atoms with E-state index in [2.05, 4.69) is 0 Å². The fourth-order valence-electron chi connectivity index (χ4n) is 1.16. The SMILES string of the molecule is [2H]c1c([2H])c([2H])c([C@]([2H])(Oc2c([2H])c([2H])c([2H])c([2H])c2C)C([2H])([2H])C([2H])([2H])NC([2H])([2H])[2H])c([2H])c1[2H]. The van der Waals surface area contributed by atoms with Gasteiger partial charge < -0.3 is 10.1 Å². The van der Waals surface area contributed by atoms with Gasteiger partial charge in [-0.2, -0.15) is 0 Å². The summed E-state index contributed by atoms with van der Waals surface area (Å²) < 4.78 is 141. The number of nitrogens with one attached hydrogen (secondary N) is 1. The molecule has 1 N–H and O–H groups in total. The van der Waals surface area contributed by atoms with Crippen molar-refractivity contribution in [1.82, 2.24) is 5.32 Å². The van der Waals surface area contributed by atoms with Crippen molar-refractivity contribution in [2.24, 2.45) is 0 Å². The summed E-state index contributed by atoms with van der Waals surface area (Å²) in [5.74, 6) is -0.864. The molecule has 2 nitrogen and oxygen atoms in total. The molecule has 0 saturated carbocycles. The van der Waals surface area contributed by atoms with Crippen molar-refractivity contribution in [3.05, 3.63) is 65.5 Å². The molecule has 0 amide bonds. The van der Waals surface area contributed by atoms with Gasteiger partial charge in [-0.15, -0.1) is 0 Å². The summed E-state index contributed by atoms with van der Waals surface area (Å²) in [5, 5.41) is 1.39. The van der Waals surface area contributed by atoms with Crippen LogP contribution in [0.1, 0.15) is 46.9 Å². The maximum atomic E-state index is 8.92. The highest BCUT2D eigenvalue weighted by Gasteiger charge is 2.13. The molecule has 0 aliphatic heterocycles. The maximum absolute atomic E-state index is 8.92. The molecule has 0 fully saturated rings. The lowest BCUT2D eigenvalue weighted by Gasteiger charge is -2.20. The molecule has 0 saturated heterocycles. The number of ether oxygens (including phenoxy) is 1. The molecule has 1 atom stereocenters. The van der Waals surface area contributed by atoms with Gasteiger partial charge >= 0.3 is 0 Å². The highest BCUT2D eigenvalue weighted by atomic mass is 16.5. The van der Waals surface area contributed by atoms with Gasteiger partial charge in [0.2, 0.25) is 0 Å². The summed E-state index contributed by atoms with van der Waals surface area (Å²) >= 11 is 0. The van der Waals surface area contributed by atoms with Gasteiger partial charge in [0, 0.05) is 16.0 Å². The monoisotopic (exact) mass is 272 g/mol. The molecule has 0 aliphatic carbocycles. The minimum absolute atomic E-state index is 0.356. The number of rotatable bonds is 6. The zero-order valence-electron chi connectivity index (χ0n) is 26.9. The van der Waals surface area contributed by atoms with Crippen LogP contribution in [0.3, 0.4) is 0 Å². The smallest absolute Gasteiger partial charge is 0.125 e. The van der Waals surface area contributed by atoms with Gasteiger partial charge in [-0.1, -0.05) is 48.3 Å². The van der Waals surface area contributed by atoms with Gasteiger partial charge in [0.25, 0.3) is 0 Å². The number of para-hydroxylation sites is 1. The van der Waals surface area contributed by atoms with Gasteiger partial charge in [-0.05, 0) is 37.6 Å². The minimum Gasteiger partial charge on any atom is -0.485 e. The van der Waals surface area contributed by atoms with E-state index < -0.39 is 91.6 Å². The van der Waals surface area contributed by atoms with E-state index in [-0.39, 0.29) is 5.56 Å². The van der Waals surface area contributed by atoms with Crippen LogP contribution in [-0.4, -0.2) is 13.5 Å². The second-order valence-electron chi connectivity index (χ2n) is 3.26. The van der Waals surface area contributed by atoms with E-state index in [9.17, 15) is 0 Å². The molecule has 2 rings (SSSR count). The first-order chi connectivity index (χ1) is 16.0. The standard InChI is InChI=1S/C17H21NO/c1-14-8-6-7-11-16(14)19-17(12-13-18-2)15-9-4-3-5-10-15/h3-11,17-18H,12-13H2,1-2H3/t17-/m1/s1/i2D3,3D,4D,5D,6D,7D,8D,9D,10D,11D,12D2,13D2,17D. The molecule has 0 radical (unpaired) electrons. The van der Waals surface area contributed by atoms with E-state index in [0.29, 0.717) is 0 Å². The number of benzene rings is 2. The Morgan fingerprint density at radius 2 is 2.00 bits per heavy atom. The Labute approximate surface area is 139 Å². The molecule has 0 unspecified atom stereocenters. The molecule has 2 heteroatoms. The number of hydrogen-bond acceptors (Lipinski definition) is 2. The predicted molar refractivity (Wildman–Crippen MR) is 79.5 cm³/mol. The van der Waals surface area contributed by atoms with Gasteiger partial charge in [-0.3, -0.25) is 0 Å². The van der Waals surface area contributed by atoms with Crippen LogP contribution in [0.25, 0.3) is 0 Å². The first-order valence-corrected chi connectivity index (χ1v) is 5.16. The van der Waals surface area contributed by atoms with Gasteiger partial charge in [0.05, 0.1) is 13.7 Å². The van der Waals surface area contributed by atoms with Crippen LogP contribution in [0.4, 0.5) is 0 Å². The normalized spacial score (nSPS) is 28.8. The van der Waals surface area contributed by atoms with Crippen LogP contribution >= 0.6 is 0 Å². The Morgan fingerprint density at radius 3 is 2.79 bits per heavy atom. The van der Waals surface area contributed by atoms with Crippen molar-refractivity contribution in [1.29, 1.82) is 0 Å². The van der Waals surface area contributed by atoms with E-state index in [0.717, 1.165) is 6.92 Å². The Bertz CT molecular complexity index is 1150. The zero-order chi connectivity index (χ0) is 28.3. The Balaban J connectivity index is 3.05. The lowest BCUT2D eigenvalue weighted by molar-refractivity contribution is 0.193. The van der Waals surface area contributed by atoms with Crippen molar-refractivity contribution in [3.63, 3.8) is 0 Å². The molecule has 100 valence electrons.